The molecule has 0 atom stereocenters. The number of halogens is 2. The Balaban J connectivity index is 2.01. The number of ether oxygens (including phenoxy) is 1. The third-order valence-corrected chi connectivity index (χ3v) is 5.19. The average molecular weight is 386 g/mol. The van der Waals surface area contributed by atoms with E-state index >= 15 is 0 Å². The van der Waals surface area contributed by atoms with Gasteiger partial charge in [0, 0.05) is 24.1 Å². The lowest BCUT2D eigenvalue weighted by atomic mass is 9.97. The van der Waals surface area contributed by atoms with Gasteiger partial charge in [0.2, 0.25) is 0 Å². The van der Waals surface area contributed by atoms with Crippen LogP contribution in [0.5, 0.6) is 5.75 Å². The van der Waals surface area contributed by atoms with Crippen molar-refractivity contribution in [1.82, 2.24) is 15.0 Å². The van der Waals surface area contributed by atoms with E-state index in [0.29, 0.717) is 28.2 Å². The SMILES string of the molecule is COc1ccc(C)c(-c2nc(N3CCC(F)(F)C3)cc3c(=O)[nH]cnc23)c1C. The van der Waals surface area contributed by atoms with Crippen molar-refractivity contribution in [2.45, 2.75) is 26.2 Å². The second kappa shape index (κ2) is 6.54. The van der Waals surface area contributed by atoms with Crippen LogP contribution in [0, 0.1) is 13.8 Å². The Morgan fingerprint density at radius 1 is 1.29 bits per heavy atom. The smallest absolute Gasteiger partial charge is 0.266 e. The Kier molecular flexibility index (Phi) is 4.28. The fourth-order valence-corrected chi connectivity index (χ4v) is 3.74. The molecule has 0 unspecified atom stereocenters. The molecule has 28 heavy (non-hydrogen) atoms. The molecule has 146 valence electrons. The summed E-state index contributed by atoms with van der Waals surface area (Å²) in [6.07, 6.45) is 1.09. The predicted octanol–water partition coefficient (Wildman–Crippen LogP) is 3.46. The van der Waals surface area contributed by atoms with E-state index in [-0.39, 0.29) is 18.5 Å². The summed E-state index contributed by atoms with van der Waals surface area (Å²) in [6.45, 7) is 3.59. The van der Waals surface area contributed by atoms with Crippen LogP contribution in [-0.2, 0) is 0 Å². The van der Waals surface area contributed by atoms with Gasteiger partial charge >= 0.3 is 0 Å². The molecule has 0 bridgehead atoms. The highest BCUT2D eigenvalue weighted by atomic mass is 19.3. The monoisotopic (exact) mass is 386 g/mol. The second-order valence-electron chi connectivity index (χ2n) is 7.07. The van der Waals surface area contributed by atoms with Crippen LogP contribution in [0.3, 0.4) is 0 Å². The van der Waals surface area contributed by atoms with Gasteiger partial charge in [0.05, 0.1) is 31.1 Å². The van der Waals surface area contributed by atoms with E-state index in [1.165, 1.54) is 17.3 Å². The highest BCUT2D eigenvalue weighted by Crippen LogP contribution is 2.37. The number of fused-ring (bicyclic) bond motifs is 1. The summed E-state index contributed by atoms with van der Waals surface area (Å²) in [5.41, 5.74) is 3.15. The van der Waals surface area contributed by atoms with Crippen molar-refractivity contribution in [1.29, 1.82) is 0 Å². The van der Waals surface area contributed by atoms with Crippen LogP contribution in [-0.4, -0.2) is 41.1 Å². The number of hydrogen-bond donors (Lipinski definition) is 1. The van der Waals surface area contributed by atoms with Crippen molar-refractivity contribution in [3.8, 4) is 17.0 Å². The Hall–Kier alpha value is -3.03. The van der Waals surface area contributed by atoms with Crippen LogP contribution in [0.4, 0.5) is 14.6 Å². The average Bonchev–Trinajstić information content (AvgIpc) is 3.02. The number of nitrogens with zero attached hydrogens (tertiary/aromatic N) is 3. The third-order valence-electron chi connectivity index (χ3n) is 5.19. The van der Waals surface area contributed by atoms with Gasteiger partial charge in [-0.25, -0.2) is 18.7 Å². The van der Waals surface area contributed by atoms with Crippen molar-refractivity contribution in [3.05, 3.63) is 46.0 Å². The van der Waals surface area contributed by atoms with Gasteiger partial charge in [-0.1, -0.05) is 6.07 Å². The zero-order valence-electron chi connectivity index (χ0n) is 15.8. The number of aryl methyl sites for hydroxylation is 1. The topological polar surface area (TPSA) is 71.1 Å². The molecule has 3 aromatic rings. The molecule has 1 aromatic carbocycles. The van der Waals surface area contributed by atoms with Crippen LogP contribution in [0.2, 0.25) is 0 Å². The highest BCUT2D eigenvalue weighted by Gasteiger charge is 2.39. The van der Waals surface area contributed by atoms with E-state index in [4.69, 9.17) is 4.74 Å². The number of pyridine rings is 1. The molecule has 0 amide bonds. The zero-order valence-corrected chi connectivity index (χ0v) is 15.8. The molecule has 0 saturated carbocycles. The van der Waals surface area contributed by atoms with Crippen molar-refractivity contribution >= 4 is 16.7 Å². The van der Waals surface area contributed by atoms with Crippen molar-refractivity contribution in [3.63, 3.8) is 0 Å². The molecule has 4 rings (SSSR count). The lowest BCUT2D eigenvalue weighted by Crippen LogP contribution is -2.26. The molecule has 0 radical (unpaired) electrons. The minimum atomic E-state index is -2.76. The number of alkyl halides is 2. The molecular formula is C20H20F2N4O2. The molecule has 8 heteroatoms. The minimum Gasteiger partial charge on any atom is -0.496 e. The summed E-state index contributed by atoms with van der Waals surface area (Å²) in [7, 11) is 1.58. The van der Waals surface area contributed by atoms with Crippen molar-refractivity contribution in [2.24, 2.45) is 0 Å². The Labute approximate surface area is 160 Å². The fourth-order valence-electron chi connectivity index (χ4n) is 3.74. The van der Waals surface area contributed by atoms with Crippen LogP contribution >= 0.6 is 0 Å². The standard InChI is InChI=1S/C20H20F2N4O2/c1-11-4-5-14(28-3)12(2)16(11)18-17-13(19(27)24-10-23-17)8-15(25-18)26-7-6-20(21,22)9-26/h4-5,8,10H,6-7,9H2,1-3H3,(H,23,24,27). The zero-order chi connectivity index (χ0) is 20.1. The molecule has 0 aliphatic carbocycles. The van der Waals surface area contributed by atoms with E-state index in [1.54, 1.807) is 7.11 Å². The first kappa shape index (κ1) is 18.3. The van der Waals surface area contributed by atoms with Crippen LogP contribution < -0.4 is 15.2 Å². The lowest BCUT2D eigenvalue weighted by Gasteiger charge is -2.20. The summed E-state index contributed by atoms with van der Waals surface area (Å²) >= 11 is 0. The number of benzene rings is 1. The first-order valence-electron chi connectivity index (χ1n) is 8.96. The first-order chi connectivity index (χ1) is 13.3. The van der Waals surface area contributed by atoms with E-state index in [2.05, 4.69) is 15.0 Å². The number of nitrogens with one attached hydrogen (secondary N) is 1. The lowest BCUT2D eigenvalue weighted by molar-refractivity contribution is 0.0257. The van der Waals surface area contributed by atoms with Crippen LogP contribution in [0.1, 0.15) is 17.5 Å². The maximum atomic E-state index is 13.8. The van der Waals surface area contributed by atoms with Gasteiger partial charge in [-0.3, -0.25) is 4.79 Å². The summed E-state index contributed by atoms with van der Waals surface area (Å²) < 4.78 is 32.9. The second-order valence-corrected chi connectivity index (χ2v) is 7.07. The summed E-state index contributed by atoms with van der Waals surface area (Å²) in [5, 5.41) is 0.319. The number of rotatable bonds is 3. The number of anilines is 1. The van der Waals surface area contributed by atoms with Gasteiger partial charge in [-0.05, 0) is 31.5 Å². The normalized spacial score (nSPS) is 16.0. The molecule has 1 N–H and O–H groups in total. The van der Waals surface area contributed by atoms with Crippen molar-refractivity contribution < 1.29 is 13.5 Å². The fraction of sp³-hybridized carbons (Fsp3) is 0.350. The van der Waals surface area contributed by atoms with E-state index < -0.39 is 12.5 Å². The maximum absolute atomic E-state index is 13.8. The Bertz CT molecular complexity index is 1130. The molecule has 1 fully saturated rings. The van der Waals surface area contributed by atoms with Gasteiger partial charge in [0.1, 0.15) is 17.1 Å². The largest absolute Gasteiger partial charge is 0.496 e. The number of aromatic nitrogens is 3. The number of aromatic amines is 1. The van der Waals surface area contributed by atoms with E-state index in [0.717, 1.165) is 16.7 Å². The maximum Gasteiger partial charge on any atom is 0.266 e. The molecule has 0 spiro atoms. The molecule has 1 aliphatic heterocycles. The molecule has 2 aromatic heterocycles. The summed E-state index contributed by atoms with van der Waals surface area (Å²) in [5.74, 6) is -1.74. The predicted molar refractivity (Wildman–Crippen MR) is 103 cm³/mol. The van der Waals surface area contributed by atoms with Gasteiger partial charge < -0.3 is 14.6 Å². The molecule has 1 aliphatic rings. The highest BCUT2D eigenvalue weighted by molar-refractivity contribution is 5.94. The Morgan fingerprint density at radius 2 is 2.07 bits per heavy atom. The number of hydrogen-bond acceptors (Lipinski definition) is 5. The Morgan fingerprint density at radius 3 is 2.75 bits per heavy atom. The van der Waals surface area contributed by atoms with E-state index in [1.807, 2.05) is 26.0 Å². The van der Waals surface area contributed by atoms with Gasteiger partial charge in [0.15, 0.2) is 0 Å². The van der Waals surface area contributed by atoms with Gasteiger partial charge in [-0.2, -0.15) is 0 Å². The molecular weight excluding hydrogens is 366 g/mol. The van der Waals surface area contributed by atoms with Crippen LogP contribution in [0.25, 0.3) is 22.2 Å². The van der Waals surface area contributed by atoms with Crippen LogP contribution in [0.15, 0.2) is 29.3 Å². The van der Waals surface area contributed by atoms with E-state index in [9.17, 15) is 13.6 Å². The summed E-state index contributed by atoms with van der Waals surface area (Å²) in [4.78, 5) is 25.5. The third kappa shape index (κ3) is 2.98. The summed E-state index contributed by atoms with van der Waals surface area (Å²) in [6, 6.07) is 5.30. The molecule has 1 saturated heterocycles. The van der Waals surface area contributed by atoms with Gasteiger partial charge in [-0.15, -0.1) is 0 Å². The molecule has 6 nitrogen and oxygen atoms in total. The van der Waals surface area contributed by atoms with Gasteiger partial charge in [0.25, 0.3) is 11.5 Å². The quantitative estimate of drug-likeness (QED) is 0.747. The first-order valence-corrected chi connectivity index (χ1v) is 8.96. The molecule has 3 heterocycles. The van der Waals surface area contributed by atoms with Crippen molar-refractivity contribution in [2.75, 3.05) is 25.1 Å². The number of H-pyrrole nitrogens is 1. The minimum absolute atomic E-state index is 0.180. The number of methoxy groups -OCH3 is 1.